The van der Waals surface area contributed by atoms with E-state index in [1.807, 2.05) is 0 Å². The monoisotopic (exact) mass is 386 g/mol. The molecule has 3 rings (SSSR count). The highest BCUT2D eigenvalue weighted by Crippen LogP contribution is 2.31. The third-order valence-corrected chi connectivity index (χ3v) is 5.83. The molecule has 1 unspecified atom stereocenters. The van der Waals surface area contributed by atoms with Crippen molar-refractivity contribution in [3.63, 3.8) is 0 Å². The maximum atomic E-state index is 9.84. The zero-order chi connectivity index (χ0) is 19.9. The highest BCUT2D eigenvalue weighted by Gasteiger charge is 2.25. The topological polar surface area (TPSA) is 76.5 Å². The fraction of sp³-hybridized carbons (Fsp3) is 0.714. The van der Waals surface area contributed by atoms with Crippen LogP contribution in [0.15, 0.2) is 0 Å². The van der Waals surface area contributed by atoms with Crippen molar-refractivity contribution in [1.82, 2.24) is 14.8 Å². The second kappa shape index (κ2) is 10.1. The molecule has 0 aliphatic carbocycles. The lowest BCUT2D eigenvalue weighted by atomic mass is 9.96. The van der Waals surface area contributed by atoms with Crippen LogP contribution in [0.3, 0.4) is 0 Å². The third kappa shape index (κ3) is 4.93. The van der Waals surface area contributed by atoms with Crippen LogP contribution in [0, 0.1) is 11.3 Å². The minimum Gasteiger partial charge on any atom is -0.376 e. The van der Waals surface area contributed by atoms with Crippen LogP contribution in [0.25, 0.3) is 0 Å². The summed E-state index contributed by atoms with van der Waals surface area (Å²) >= 11 is 0. The summed E-state index contributed by atoms with van der Waals surface area (Å²) in [5.74, 6) is 1.62. The maximum Gasteiger partial charge on any atom is 0.146 e. The molecule has 0 radical (unpaired) electrons. The van der Waals surface area contributed by atoms with Crippen molar-refractivity contribution in [3.05, 3.63) is 16.7 Å². The van der Waals surface area contributed by atoms with E-state index in [1.165, 1.54) is 0 Å². The Bertz CT molecular complexity index is 691. The fourth-order valence-corrected chi connectivity index (χ4v) is 4.05. The molecule has 7 heteroatoms. The molecule has 2 aliphatic heterocycles. The van der Waals surface area contributed by atoms with Crippen molar-refractivity contribution in [2.24, 2.45) is 0 Å². The number of aromatic nitrogens is 1. The Hall–Kier alpha value is -1.88. The lowest BCUT2D eigenvalue weighted by molar-refractivity contribution is 0.120. The van der Waals surface area contributed by atoms with Gasteiger partial charge in [0.1, 0.15) is 17.7 Å². The van der Waals surface area contributed by atoms with E-state index in [4.69, 9.17) is 9.72 Å². The van der Waals surface area contributed by atoms with Gasteiger partial charge in [-0.1, -0.05) is 13.8 Å². The molecule has 1 atom stereocenters. The first-order valence-corrected chi connectivity index (χ1v) is 10.6. The predicted molar refractivity (Wildman–Crippen MR) is 113 cm³/mol. The number of hydrogen-bond donors (Lipinski definition) is 2. The number of hydrogen-bond acceptors (Lipinski definition) is 7. The van der Waals surface area contributed by atoms with Crippen LogP contribution in [0.4, 0.5) is 11.6 Å². The normalized spacial score (nSPS) is 19.5. The first-order valence-electron chi connectivity index (χ1n) is 10.6. The summed E-state index contributed by atoms with van der Waals surface area (Å²) in [5.41, 5.74) is 3.03. The molecular weight excluding hydrogens is 352 g/mol. The van der Waals surface area contributed by atoms with Crippen LogP contribution in [0.5, 0.6) is 0 Å². The lowest BCUT2D eigenvalue weighted by Gasteiger charge is -2.29. The second-order valence-electron chi connectivity index (χ2n) is 7.71. The molecule has 154 valence electrons. The molecule has 0 amide bonds. The van der Waals surface area contributed by atoms with Gasteiger partial charge < -0.3 is 25.2 Å². The van der Waals surface area contributed by atoms with Crippen LogP contribution < -0.4 is 10.6 Å². The van der Waals surface area contributed by atoms with E-state index in [1.54, 1.807) is 0 Å². The summed E-state index contributed by atoms with van der Waals surface area (Å²) in [6.45, 7) is 11.5. The quantitative estimate of drug-likeness (QED) is 0.674. The average molecular weight is 387 g/mol. The Kier molecular flexibility index (Phi) is 7.49. The number of nitrogens with one attached hydrogen (secondary N) is 2. The number of nitriles is 1. The predicted octanol–water partition coefficient (Wildman–Crippen LogP) is 2.29. The van der Waals surface area contributed by atoms with Crippen molar-refractivity contribution in [3.8, 4) is 6.07 Å². The number of ether oxygens (including phenoxy) is 1. The highest BCUT2D eigenvalue weighted by molar-refractivity contribution is 5.66. The fourth-order valence-electron chi connectivity index (χ4n) is 4.05. The molecule has 0 bridgehead atoms. The summed E-state index contributed by atoms with van der Waals surface area (Å²) in [5, 5.41) is 16.8. The molecule has 3 heterocycles. The molecule has 2 N–H and O–H groups in total. The molecule has 28 heavy (non-hydrogen) atoms. The van der Waals surface area contributed by atoms with E-state index < -0.39 is 0 Å². The van der Waals surface area contributed by atoms with E-state index in [-0.39, 0.29) is 6.10 Å². The smallest absolute Gasteiger partial charge is 0.146 e. The van der Waals surface area contributed by atoms with Gasteiger partial charge >= 0.3 is 0 Å². The van der Waals surface area contributed by atoms with Gasteiger partial charge in [0.25, 0.3) is 0 Å². The maximum absolute atomic E-state index is 9.84. The highest BCUT2D eigenvalue weighted by atomic mass is 16.5. The van der Waals surface area contributed by atoms with Crippen LogP contribution in [0.2, 0.25) is 0 Å². The Morgan fingerprint density at radius 1 is 1.25 bits per heavy atom. The van der Waals surface area contributed by atoms with Crippen LogP contribution in [-0.2, 0) is 17.7 Å². The van der Waals surface area contributed by atoms with E-state index >= 15 is 0 Å². The molecule has 1 saturated heterocycles. The molecule has 1 aromatic rings. The van der Waals surface area contributed by atoms with Gasteiger partial charge in [-0.3, -0.25) is 0 Å². The third-order valence-electron chi connectivity index (χ3n) is 5.83. The summed E-state index contributed by atoms with van der Waals surface area (Å²) in [4.78, 5) is 9.51. The Morgan fingerprint density at radius 3 is 2.75 bits per heavy atom. The SMILES string of the molecule is CCN(CC)CCNc1nc(NCC2CCCO2)c2c(c1C#N)CCN(C)C2. The van der Waals surface area contributed by atoms with Gasteiger partial charge in [0.15, 0.2) is 0 Å². The second-order valence-corrected chi connectivity index (χ2v) is 7.71. The average Bonchev–Trinajstić information content (AvgIpc) is 3.23. The first-order chi connectivity index (χ1) is 13.7. The first kappa shape index (κ1) is 20.8. The molecule has 1 fully saturated rings. The van der Waals surface area contributed by atoms with Crippen molar-refractivity contribution < 1.29 is 4.74 Å². The Labute approximate surface area is 169 Å². The number of nitrogens with zero attached hydrogens (tertiary/aromatic N) is 4. The summed E-state index contributed by atoms with van der Waals surface area (Å²) in [6, 6.07) is 2.42. The molecule has 1 aromatic heterocycles. The van der Waals surface area contributed by atoms with Gasteiger partial charge in [-0.05, 0) is 45.0 Å². The molecule has 7 nitrogen and oxygen atoms in total. The van der Waals surface area contributed by atoms with Crippen LogP contribution >= 0.6 is 0 Å². The van der Waals surface area contributed by atoms with Gasteiger partial charge in [-0.15, -0.1) is 0 Å². The number of fused-ring (bicyclic) bond motifs is 1. The largest absolute Gasteiger partial charge is 0.376 e. The summed E-state index contributed by atoms with van der Waals surface area (Å²) in [7, 11) is 2.12. The van der Waals surface area contributed by atoms with Crippen molar-refractivity contribution in [2.75, 3.05) is 63.6 Å². The molecule has 2 aliphatic rings. The Balaban J connectivity index is 1.81. The number of anilines is 2. The van der Waals surface area contributed by atoms with Crippen molar-refractivity contribution >= 4 is 11.6 Å². The minimum atomic E-state index is 0.258. The van der Waals surface area contributed by atoms with Gasteiger partial charge in [0.05, 0.1) is 11.7 Å². The van der Waals surface area contributed by atoms with Gasteiger partial charge in [-0.2, -0.15) is 5.26 Å². The van der Waals surface area contributed by atoms with Crippen molar-refractivity contribution in [2.45, 2.75) is 45.8 Å². The molecular formula is C21H34N6O. The molecule has 0 aromatic carbocycles. The standard InChI is InChI=1S/C21H34N6O/c1-4-27(5-2)11-9-23-20-18(13-22)17-8-10-26(3)15-19(17)21(25-20)24-14-16-7-6-12-28-16/h16H,4-12,14-15H2,1-3H3,(H2,23,24,25). The van der Waals surface area contributed by atoms with Gasteiger partial charge in [0.2, 0.25) is 0 Å². The molecule has 0 spiro atoms. The van der Waals surface area contributed by atoms with E-state index in [0.29, 0.717) is 11.4 Å². The zero-order valence-corrected chi connectivity index (χ0v) is 17.6. The molecule has 0 saturated carbocycles. The van der Waals surface area contributed by atoms with Gasteiger partial charge in [0, 0.05) is 44.9 Å². The summed E-state index contributed by atoms with van der Waals surface area (Å²) in [6.07, 6.45) is 3.37. The zero-order valence-electron chi connectivity index (χ0n) is 17.6. The van der Waals surface area contributed by atoms with E-state index in [0.717, 1.165) is 88.6 Å². The van der Waals surface area contributed by atoms with Crippen LogP contribution in [0.1, 0.15) is 43.4 Å². The number of pyridine rings is 1. The van der Waals surface area contributed by atoms with Crippen molar-refractivity contribution in [1.29, 1.82) is 5.26 Å². The van der Waals surface area contributed by atoms with Crippen LogP contribution in [-0.4, -0.2) is 73.8 Å². The van der Waals surface area contributed by atoms with Gasteiger partial charge in [-0.25, -0.2) is 4.98 Å². The van der Waals surface area contributed by atoms with E-state index in [9.17, 15) is 5.26 Å². The van der Waals surface area contributed by atoms with E-state index in [2.05, 4.69) is 47.4 Å². The minimum absolute atomic E-state index is 0.258. The number of likely N-dealkylation sites (N-methyl/N-ethyl adjacent to an activating group) is 2. The Morgan fingerprint density at radius 2 is 2.07 bits per heavy atom. The number of rotatable bonds is 9. The summed E-state index contributed by atoms with van der Waals surface area (Å²) < 4.78 is 5.76. The lowest BCUT2D eigenvalue weighted by Crippen LogP contribution is -2.31.